The Kier molecular flexibility index (Phi) is 5.57. The summed E-state index contributed by atoms with van der Waals surface area (Å²) >= 11 is 0. The van der Waals surface area contributed by atoms with Gasteiger partial charge in [-0.2, -0.15) is 13.2 Å². The maximum atomic E-state index is 13.0. The van der Waals surface area contributed by atoms with Crippen LogP contribution in [0.2, 0.25) is 0 Å². The second kappa shape index (κ2) is 8.05. The van der Waals surface area contributed by atoms with E-state index in [1.807, 2.05) is 0 Å². The molecule has 4 amide bonds. The Bertz CT molecular complexity index is 875. The van der Waals surface area contributed by atoms with Crippen molar-refractivity contribution in [3.8, 4) is 0 Å². The minimum absolute atomic E-state index is 0.309. The maximum absolute atomic E-state index is 13.0. The largest absolute Gasteiger partial charge is 0.416 e. The topological polar surface area (TPSA) is 73.0 Å². The Morgan fingerprint density at radius 1 is 1.03 bits per heavy atom. The molecule has 1 aromatic rings. The first-order valence-electron chi connectivity index (χ1n) is 10.5. The molecule has 1 N–H and O–H groups in total. The van der Waals surface area contributed by atoms with Crippen LogP contribution < -0.4 is 10.2 Å². The maximum Gasteiger partial charge on any atom is 0.416 e. The monoisotopic (exact) mass is 438 g/mol. The van der Waals surface area contributed by atoms with Crippen LogP contribution >= 0.6 is 0 Å². The van der Waals surface area contributed by atoms with Gasteiger partial charge in [-0.1, -0.05) is 25.3 Å². The van der Waals surface area contributed by atoms with Crippen molar-refractivity contribution in [1.29, 1.82) is 0 Å². The first kappa shape index (κ1) is 21.5. The number of imide groups is 1. The molecule has 7 nitrogen and oxygen atoms in total. The quantitative estimate of drug-likeness (QED) is 0.737. The fourth-order valence-corrected chi connectivity index (χ4v) is 4.64. The lowest BCUT2D eigenvalue weighted by molar-refractivity contribution is -0.139. The average molecular weight is 438 g/mol. The van der Waals surface area contributed by atoms with Crippen molar-refractivity contribution in [2.75, 3.05) is 37.6 Å². The highest BCUT2D eigenvalue weighted by molar-refractivity contribution is 6.09. The average Bonchev–Trinajstić information content (AvgIpc) is 2.97. The summed E-state index contributed by atoms with van der Waals surface area (Å²) in [6.45, 7) is 1.05. The predicted octanol–water partition coefficient (Wildman–Crippen LogP) is 2.61. The van der Waals surface area contributed by atoms with Gasteiger partial charge in [0, 0.05) is 31.9 Å². The minimum Gasteiger partial charge on any atom is -0.368 e. The molecule has 0 bridgehead atoms. The zero-order chi connectivity index (χ0) is 22.2. The van der Waals surface area contributed by atoms with Crippen molar-refractivity contribution >= 4 is 23.5 Å². The number of alkyl halides is 3. The number of benzene rings is 1. The molecule has 0 atom stereocenters. The molecular weight excluding hydrogens is 413 g/mol. The summed E-state index contributed by atoms with van der Waals surface area (Å²) in [6, 6.07) is 4.59. The molecule has 4 rings (SSSR count). The third kappa shape index (κ3) is 4.20. The van der Waals surface area contributed by atoms with Gasteiger partial charge in [-0.05, 0) is 31.0 Å². The van der Waals surface area contributed by atoms with Crippen LogP contribution in [0.25, 0.3) is 0 Å². The van der Waals surface area contributed by atoms with Crippen LogP contribution in [0.5, 0.6) is 0 Å². The number of rotatable bonds is 3. The number of carbonyl (C=O) groups excluding carboxylic acids is 3. The van der Waals surface area contributed by atoms with E-state index in [0.29, 0.717) is 44.7 Å². The molecule has 10 heteroatoms. The Morgan fingerprint density at radius 2 is 1.71 bits per heavy atom. The van der Waals surface area contributed by atoms with Crippen molar-refractivity contribution in [3.63, 3.8) is 0 Å². The molecule has 2 saturated heterocycles. The summed E-state index contributed by atoms with van der Waals surface area (Å²) in [7, 11) is 0. The molecule has 1 aliphatic carbocycles. The fourth-order valence-electron chi connectivity index (χ4n) is 4.64. The molecule has 1 spiro atoms. The van der Waals surface area contributed by atoms with Gasteiger partial charge in [-0.25, -0.2) is 4.79 Å². The third-order valence-corrected chi connectivity index (χ3v) is 6.42. The predicted molar refractivity (Wildman–Crippen MR) is 106 cm³/mol. The summed E-state index contributed by atoms with van der Waals surface area (Å²) < 4.78 is 38.9. The van der Waals surface area contributed by atoms with E-state index in [9.17, 15) is 27.6 Å². The lowest BCUT2D eigenvalue weighted by Crippen LogP contribution is -2.52. The van der Waals surface area contributed by atoms with Crippen molar-refractivity contribution in [2.45, 2.75) is 43.8 Å². The number of hydrogen-bond acceptors (Lipinski definition) is 4. The number of amides is 4. The molecule has 3 fully saturated rings. The molecule has 0 unspecified atom stereocenters. The van der Waals surface area contributed by atoms with Crippen LogP contribution in [0.4, 0.5) is 23.7 Å². The Labute approximate surface area is 178 Å². The number of urea groups is 1. The van der Waals surface area contributed by atoms with Crippen LogP contribution in [0.3, 0.4) is 0 Å². The summed E-state index contributed by atoms with van der Waals surface area (Å²) in [5.41, 5.74) is -1.12. The lowest BCUT2D eigenvalue weighted by atomic mass is 9.82. The van der Waals surface area contributed by atoms with Crippen molar-refractivity contribution in [1.82, 2.24) is 15.1 Å². The lowest BCUT2D eigenvalue weighted by Gasteiger charge is -2.36. The van der Waals surface area contributed by atoms with Gasteiger partial charge in [-0.3, -0.25) is 14.5 Å². The molecule has 1 saturated carbocycles. The molecule has 3 aliphatic rings. The summed E-state index contributed by atoms with van der Waals surface area (Å²) in [4.78, 5) is 42.3. The molecule has 2 heterocycles. The number of nitrogens with zero attached hydrogens (tertiary/aromatic N) is 3. The van der Waals surface area contributed by atoms with Gasteiger partial charge < -0.3 is 15.1 Å². The number of piperazine rings is 1. The van der Waals surface area contributed by atoms with Crippen LogP contribution in [-0.2, 0) is 15.8 Å². The summed E-state index contributed by atoms with van der Waals surface area (Å²) in [5.74, 6) is -0.659. The molecular formula is C21H25F3N4O3. The van der Waals surface area contributed by atoms with Gasteiger partial charge in [-0.15, -0.1) is 0 Å². The van der Waals surface area contributed by atoms with E-state index in [1.165, 1.54) is 6.07 Å². The normalized spacial score (nSPS) is 21.6. The minimum atomic E-state index is -4.41. The van der Waals surface area contributed by atoms with Gasteiger partial charge in [0.1, 0.15) is 12.1 Å². The van der Waals surface area contributed by atoms with Crippen LogP contribution in [0, 0.1) is 0 Å². The van der Waals surface area contributed by atoms with Gasteiger partial charge in [0.05, 0.1) is 5.56 Å². The van der Waals surface area contributed by atoms with Crippen LogP contribution in [-0.4, -0.2) is 65.9 Å². The molecule has 31 heavy (non-hydrogen) atoms. The molecule has 0 aromatic heterocycles. The SMILES string of the molecule is O=C(CN1C(=O)NC2(CCCCC2)C1=O)N1CCN(c2cccc(C(F)(F)F)c2)CC1. The van der Waals surface area contributed by atoms with Gasteiger partial charge in [0.2, 0.25) is 5.91 Å². The highest BCUT2D eigenvalue weighted by Crippen LogP contribution is 2.34. The standard InChI is InChI=1S/C21H25F3N4O3/c22-21(23,24)15-5-4-6-16(13-15)26-9-11-27(12-10-26)17(29)14-28-18(30)20(25-19(28)31)7-2-1-3-8-20/h4-6,13H,1-3,7-12,14H2,(H,25,31). The van der Waals surface area contributed by atoms with E-state index in [1.54, 1.807) is 15.9 Å². The number of carbonyl (C=O) groups is 3. The first-order valence-corrected chi connectivity index (χ1v) is 10.5. The van der Waals surface area contributed by atoms with Gasteiger partial charge in [0.15, 0.2) is 0 Å². The number of hydrogen-bond donors (Lipinski definition) is 1. The van der Waals surface area contributed by atoms with E-state index in [2.05, 4.69) is 5.32 Å². The first-order chi connectivity index (χ1) is 14.7. The van der Waals surface area contributed by atoms with E-state index in [0.717, 1.165) is 36.3 Å². The van der Waals surface area contributed by atoms with Crippen molar-refractivity contribution < 1.29 is 27.6 Å². The molecule has 168 valence electrons. The molecule has 0 radical (unpaired) electrons. The zero-order valence-electron chi connectivity index (χ0n) is 17.1. The Morgan fingerprint density at radius 3 is 2.35 bits per heavy atom. The van der Waals surface area contributed by atoms with E-state index in [4.69, 9.17) is 0 Å². The number of anilines is 1. The molecule has 1 aromatic carbocycles. The van der Waals surface area contributed by atoms with Crippen LogP contribution in [0.15, 0.2) is 24.3 Å². The highest BCUT2D eigenvalue weighted by atomic mass is 19.4. The summed E-state index contributed by atoms with van der Waals surface area (Å²) in [5, 5.41) is 2.79. The Balaban J connectivity index is 1.35. The van der Waals surface area contributed by atoms with E-state index >= 15 is 0 Å². The van der Waals surface area contributed by atoms with Crippen molar-refractivity contribution in [3.05, 3.63) is 29.8 Å². The number of halogens is 3. The second-order valence-corrected chi connectivity index (χ2v) is 8.38. The van der Waals surface area contributed by atoms with E-state index in [-0.39, 0.29) is 18.4 Å². The Hall–Kier alpha value is -2.78. The second-order valence-electron chi connectivity index (χ2n) is 8.38. The molecule has 2 aliphatic heterocycles. The van der Waals surface area contributed by atoms with E-state index < -0.39 is 23.3 Å². The number of nitrogens with one attached hydrogen (secondary N) is 1. The smallest absolute Gasteiger partial charge is 0.368 e. The summed E-state index contributed by atoms with van der Waals surface area (Å²) in [6.07, 6.45) is -0.460. The third-order valence-electron chi connectivity index (χ3n) is 6.42. The highest BCUT2D eigenvalue weighted by Gasteiger charge is 2.51. The van der Waals surface area contributed by atoms with Gasteiger partial charge >= 0.3 is 12.2 Å². The fraction of sp³-hybridized carbons (Fsp3) is 0.571. The van der Waals surface area contributed by atoms with Gasteiger partial charge in [0.25, 0.3) is 5.91 Å². The zero-order valence-corrected chi connectivity index (χ0v) is 17.1. The van der Waals surface area contributed by atoms with Crippen LogP contribution in [0.1, 0.15) is 37.7 Å². The van der Waals surface area contributed by atoms with Crippen molar-refractivity contribution in [2.24, 2.45) is 0 Å².